The summed E-state index contributed by atoms with van der Waals surface area (Å²) in [5.41, 5.74) is 8.29. The van der Waals surface area contributed by atoms with Gasteiger partial charge in [0.1, 0.15) is 5.75 Å². The van der Waals surface area contributed by atoms with Crippen LogP contribution in [0.2, 0.25) is 0 Å². The van der Waals surface area contributed by atoms with E-state index in [-0.39, 0.29) is 6.04 Å². The van der Waals surface area contributed by atoms with Gasteiger partial charge >= 0.3 is 0 Å². The predicted molar refractivity (Wildman–Crippen MR) is 66.8 cm³/mol. The highest BCUT2D eigenvalue weighted by Gasteiger charge is 2.07. The van der Waals surface area contributed by atoms with Crippen molar-refractivity contribution in [2.75, 3.05) is 12.9 Å². The molecule has 0 saturated heterocycles. The first kappa shape index (κ1) is 12.4. The Hall–Kier alpha value is -0.670. The Morgan fingerprint density at radius 2 is 1.93 bits per heavy atom. The second kappa shape index (κ2) is 5.42. The van der Waals surface area contributed by atoms with E-state index >= 15 is 0 Å². The van der Waals surface area contributed by atoms with Gasteiger partial charge in [0.25, 0.3) is 0 Å². The minimum atomic E-state index is 0.210. The third-order valence-electron chi connectivity index (χ3n) is 2.28. The molecule has 1 aromatic carbocycles. The topological polar surface area (TPSA) is 35.2 Å². The quantitative estimate of drug-likeness (QED) is 0.800. The number of nitrogens with two attached hydrogens (primary N) is 1. The van der Waals surface area contributed by atoms with Crippen molar-refractivity contribution in [3.63, 3.8) is 0 Å². The third-order valence-corrected chi connectivity index (χ3v) is 3.60. The van der Waals surface area contributed by atoms with Gasteiger partial charge in [-0.25, -0.2) is 0 Å². The fraction of sp³-hybridized carbons (Fsp3) is 0.500. The standard InChI is InChI=1S/C12H19NOS/c1-8-5-11(14-4)12(6-9(8)2)15-7-10(3)13/h5-6,10H,7,13H2,1-4H3. The van der Waals surface area contributed by atoms with Gasteiger partial charge in [0.15, 0.2) is 0 Å². The summed E-state index contributed by atoms with van der Waals surface area (Å²) in [7, 11) is 1.71. The van der Waals surface area contributed by atoms with Crippen molar-refractivity contribution >= 4 is 11.8 Å². The van der Waals surface area contributed by atoms with Crippen LogP contribution < -0.4 is 10.5 Å². The second-order valence-corrected chi connectivity index (χ2v) is 4.94. The molecule has 0 aromatic heterocycles. The average Bonchev–Trinajstić information content (AvgIpc) is 2.19. The molecule has 0 aliphatic rings. The maximum absolute atomic E-state index is 5.74. The molecule has 1 atom stereocenters. The van der Waals surface area contributed by atoms with Gasteiger partial charge < -0.3 is 10.5 Å². The lowest BCUT2D eigenvalue weighted by Gasteiger charge is -2.12. The van der Waals surface area contributed by atoms with E-state index < -0.39 is 0 Å². The van der Waals surface area contributed by atoms with Crippen LogP contribution in [0.3, 0.4) is 0 Å². The summed E-state index contributed by atoms with van der Waals surface area (Å²) in [4.78, 5) is 1.18. The van der Waals surface area contributed by atoms with Crippen molar-refractivity contribution in [1.82, 2.24) is 0 Å². The molecule has 84 valence electrons. The molecule has 0 heterocycles. The number of hydrogen-bond donors (Lipinski definition) is 1. The summed E-state index contributed by atoms with van der Waals surface area (Å²) in [5.74, 6) is 1.86. The number of ether oxygens (including phenoxy) is 1. The van der Waals surface area contributed by atoms with Gasteiger partial charge in [-0.2, -0.15) is 0 Å². The van der Waals surface area contributed by atoms with E-state index in [1.807, 2.05) is 6.92 Å². The molecule has 2 nitrogen and oxygen atoms in total. The summed E-state index contributed by atoms with van der Waals surface area (Å²) in [6.45, 7) is 6.23. The Morgan fingerprint density at radius 1 is 1.33 bits per heavy atom. The minimum absolute atomic E-state index is 0.210. The van der Waals surface area contributed by atoms with Crippen molar-refractivity contribution < 1.29 is 4.74 Å². The van der Waals surface area contributed by atoms with Crippen LogP contribution in [0.1, 0.15) is 18.1 Å². The first-order valence-corrected chi connectivity index (χ1v) is 6.06. The van der Waals surface area contributed by atoms with Crippen LogP contribution in [0.15, 0.2) is 17.0 Å². The molecule has 0 spiro atoms. The van der Waals surface area contributed by atoms with E-state index in [0.29, 0.717) is 0 Å². The Kier molecular flexibility index (Phi) is 4.48. The van der Waals surface area contributed by atoms with Gasteiger partial charge in [0, 0.05) is 16.7 Å². The zero-order valence-electron chi connectivity index (χ0n) is 9.83. The molecule has 0 saturated carbocycles. The highest BCUT2D eigenvalue weighted by atomic mass is 32.2. The number of rotatable bonds is 4. The van der Waals surface area contributed by atoms with E-state index in [4.69, 9.17) is 10.5 Å². The van der Waals surface area contributed by atoms with Crippen molar-refractivity contribution in [2.24, 2.45) is 5.73 Å². The van der Waals surface area contributed by atoms with Gasteiger partial charge in [-0.3, -0.25) is 0 Å². The van der Waals surface area contributed by atoms with Crippen molar-refractivity contribution in [3.05, 3.63) is 23.3 Å². The van der Waals surface area contributed by atoms with Gasteiger partial charge in [-0.15, -0.1) is 11.8 Å². The predicted octanol–water partition coefficient (Wildman–Crippen LogP) is 2.75. The van der Waals surface area contributed by atoms with Crippen molar-refractivity contribution in [3.8, 4) is 5.75 Å². The molecule has 0 bridgehead atoms. The number of thioether (sulfide) groups is 1. The van der Waals surface area contributed by atoms with E-state index in [0.717, 1.165) is 11.5 Å². The minimum Gasteiger partial charge on any atom is -0.496 e. The van der Waals surface area contributed by atoms with E-state index in [9.17, 15) is 0 Å². The lowest BCUT2D eigenvalue weighted by Crippen LogP contribution is -2.17. The summed E-state index contributed by atoms with van der Waals surface area (Å²) >= 11 is 1.75. The van der Waals surface area contributed by atoms with Crippen LogP contribution in [0.5, 0.6) is 5.75 Å². The molecule has 0 radical (unpaired) electrons. The molecule has 1 rings (SSSR count). The Labute approximate surface area is 96.2 Å². The fourth-order valence-electron chi connectivity index (χ4n) is 1.26. The van der Waals surface area contributed by atoms with Crippen LogP contribution in [0, 0.1) is 13.8 Å². The van der Waals surface area contributed by atoms with Crippen LogP contribution in [0.25, 0.3) is 0 Å². The molecule has 3 heteroatoms. The summed E-state index contributed by atoms with van der Waals surface area (Å²) in [6.07, 6.45) is 0. The Balaban J connectivity index is 2.89. The Bertz CT molecular complexity index is 337. The van der Waals surface area contributed by atoms with Crippen molar-refractivity contribution in [2.45, 2.75) is 31.7 Å². The molecule has 0 aliphatic heterocycles. The molecule has 1 aromatic rings. The van der Waals surface area contributed by atoms with E-state index in [1.165, 1.54) is 16.0 Å². The summed E-state index contributed by atoms with van der Waals surface area (Å²) in [5, 5.41) is 0. The van der Waals surface area contributed by atoms with Crippen LogP contribution in [0.4, 0.5) is 0 Å². The van der Waals surface area contributed by atoms with Gasteiger partial charge in [-0.1, -0.05) is 0 Å². The molecule has 0 fully saturated rings. The lowest BCUT2D eigenvalue weighted by molar-refractivity contribution is 0.404. The highest BCUT2D eigenvalue weighted by molar-refractivity contribution is 7.99. The maximum Gasteiger partial charge on any atom is 0.132 e. The SMILES string of the molecule is COc1cc(C)c(C)cc1SCC(C)N. The zero-order chi connectivity index (χ0) is 11.4. The van der Waals surface area contributed by atoms with E-state index in [1.54, 1.807) is 18.9 Å². The number of benzene rings is 1. The smallest absolute Gasteiger partial charge is 0.132 e. The summed E-state index contributed by atoms with van der Waals surface area (Å²) in [6, 6.07) is 4.46. The third kappa shape index (κ3) is 3.43. The molecule has 15 heavy (non-hydrogen) atoms. The normalized spacial score (nSPS) is 12.6. The zero-order valence-corrected chi connectivity index (χ0v) is 10.6. The van der Waals surface area contributed by atoms with Gasteiger partial charge in [0.05, 0.1) is 7.11 Å². The molecule has 0 amide bonds. The van der Waals surface area contributed by atoms with Crippen molar-refractivity contribution in [1.29, 1.82) is 0 Å². The number of methoxy groups -OCH3 is 1. The monoisotopic (exact) mass is 225 g/mol. The Morgan fingerprint density at radius 3 is 2.47 bits per heavy atom. The second-order valence-electron chi connectivity index (χ2n) is 3.88. The summed E-state index contributed by atoms with van der Waals surface area (Å²) < 4.78 is 5.35. The lowest BCUT2D eigenvalue weighted by atomic mass is 10.1. The first-order valence-electron chi connectivity index (χ1n) is 5.08. The number of aryl methyl sites for hydroxylation is 2. The van der Waals surface area contributed by atoms with E-state index in [2.05, 4.69) is 26.0 Å². The molecule has 1 unspecified atom stereocenters. The van der Waals surface area contributed by atoms with Crippen LogP contribution in [-0.2, 0) is 0 Å². The molecule has 2 N–H and O–H groups in total. The van der Waals surface area contributed by atoms with Crippen LogP contribution >= 0.6 is 11.8 Å². The highest BCUT2D eigenvalue weighted by Crippen LogP contribution is 2.32. The largest absolute Gasteiger partial charge is 0.496 e. The first-order chi connectivity index (χ1) is 7.04. The molecular weight excluding hydrogens is 206 g/mol. The maximum atomic E-state index is 5.74. The average molecular weight is 225 g/mol. The van der Waals surface area contributed by atoms with Gasteiger partial charge in [0.2, 0.25) is 0 Å². The number of hydrogen-bond acceptors (Lipinski definition) is 3. The van der Waals surface area contributed by atoms with Gasteiger partial charge in [-0.05, 0) is 44.0 Å². The molecular formula is C12H19NOS. The van der Waals surface area contributed by atoms with Crippen LogP contribution in [-0.4, -0.2) is 18.9 Å². The fourth-order valence-corrected chi connectivity index (χ4v) is 2.24. The molecule has 0 aliphatic carbocycles.